The molecule has 2 aliphatic heterocycles. The molecule has 0 saturated carbocycles. The molecule has 0 aliphatic carbocycles. The summed E-state index contributed by atoms with van der Waals surface area (Å²) in [5, 5.41) is 0. The number of hydrogen-bond acceptors (Lipinski definition) is 4. The first-order valence-electron chi connectivity index (χ1n) is 8.60. The lowest BCUT2D eigenvalue weighted by atomic mass is 9.91. The van der Waals surface area contributed by atoms with Gasteiger partial charge in [-0.1, -0.05) is 18.2 Å². The van der Waals surface area contributed by atoms with Crippen molar-refractivity contribution in [1.82, 2.24) is 9.80 Å². The third-order valence-electron chi connectivity index (χ3n) is 4.99. The minimum atomic E-state index is -0.952. The van der Waals surface area contributed by atoms with E-state index in [1.54, 1.807) is 21.9 Å². The molecule has 2 N–H and O–H groups in total. The van der Waals surface area contributed by atoms with Crippen LogP contribution in [-0.2, 0) is 25.6 Å². The van der Waals surface area contributed by atoms with Crippen molar-refractivity contribution < 1.29 is 19.2 Å². The van der Waals surface area contributed by atoms with Crippen molar-refractivity contribution in [2.45, 2.75) is 13.3 Å². The van der Waals surface area contributed by atoms with Gasteiger partial charge in [-0.05, 0) is 18.1 Å². The number of nitrogens with zero attached hydrogens (tertiary/aromatic N) is 3. The van der Waals surface area contributed by atoms with E-state index >= 15 is 0 Å². The van der Waals surface area contributed by atoms with E-state index in [9.17, 15) is 19.2 Å². The van der Waals surface area contributed by atoms with Gasteiger partial charge in [-0.25, -0.2) is 0 Å². The van der Waals surface area contributed by atoms with Crippen LogP contribution >= 0.6 is 0 Å². The molecular weight excluding hydrogens is 336 g/mol. The molecule has 138 valence electrons. The van der Waals surface area contributed by atoms with Gasteiger partial charge in [-0.3, -0.25) is 19.2 Å². The first-order chi connectivity index (χ1) is 12.4. The molecule has 1 fully saturated rings. The number of carbonyl (C=O) groups excluding carboxylic acids is 4. The lowest BCUT2D eigenvalue weighted by Gasteiger charge is -2.37. The molecule has 0 spiro atoms. The second-order valence-corrected chi connectivity index (χ2v) is 6.60. The maximum Gasteiger partial charge on any atom is 0.242 e. The van der Waals surface area contributed by atoms with Gasteiger partial charge in [0.1, 0.15) is 12.5 Å². The second-order valence-electron chi connectivity index (χ2n) is 6.60. The van der Waals surface area contributed by atoms with Crippen molar-refractivity contribution in [3.05, 3.63) is 29.8 Å². The van der Waals surface area contributed by atoms with Crippen molar-refractivity contribution in [3.8, 4) is 0 Å². The molecule has 4 amide bonds. The number of amides is 4. The molecule has 3 rings (SSSR count). The number of benzene rings is 1. The molecule has 26 heavy (non-hydrogen) atoms. The molecule has 0 radical (unpaired) electrons. The number of anilines is 1. The molecule has 2 aliphatic rings. The van der Waals surface area contributed by atoms with Crippen LogP contribution in [0, 0.1) is 5.92 Å². The maximum absolute atomic E-state index is 12.7. The molecule has 1 saturated heterocycles. The van der Waals surface area contributed by atoms with Crippen LogP contribution in [0.2, 0.25) is 0 Å². The molecular formula is C18H22N4O4. The van der Waals surface area contributed by atoms with Crippen molar-refractivity contribution in [2.24, 2.45) is 11.7 Å². The van der Waals surface area contributed by atoms with E-state index in [1.807, 2.05) is 12.1 Å². The van der Waals surface area contributed by atoms with E-state index < -0.39 is 17.7 Å². The second kappa shape index (κ2) is 7.15. The number of hydrogen-bond donors (Lipinski definition) is 1. The Bertz CT molecular complexity index is 755. The van der Waals surface area contributed by atoms with Gasteiger partial charge in [0.25, 0.3) is 0 Å². The van der Waals surface area contributed by atoms with Gasteiger partial charge in [-0.2, -0.15) is 0 Å². The highest BCUT2D eigenvalue weighted by Crippen LogP contribution is 2.30. The molecule has 0 aromatic heterocycles. The zero-order valence-electron chi connectivity index (χ0n) is 14.7. The molecule has 8 nitrogen and oxygen atoms in total. The van der Waals surface area contributed by atoms with Crippen LogP contribution in [0.5, 0.6) is 0 Å². The molecule has 1 unspecified atom stereocenters. The third kappa shape index (κ3) is 3.40. The fourth-order valence-electron chi connectivity index (χ4n) is 3.45. The number of carbonyl (C=O) groups is 4. The van der Waals surface area contributed by atoms with Gasteiger partial charge in [0, 0.05) is 38.8 Å². The largest absolute Gasteiger partial charge is 0.369 e. The predicted molar refractivity (Wildman–Crippen MR) is 94.0 cm³/mol. The minimum absolute atomic E-state index is 0.0125. The average molecular weight is 358 g/mol. The zero-order valence-corrected chi connectivity index (χ0v) is 14.7. The van der Waals surface area contributed by atoms with Gasteiger partial charge in [0.2, 0.25) is 23.6 Å². The molecule has 1 aromatic rings. The number of piperazine rings is 1. The van der Waals surface area contributed by atoms with Gasteiger partial charge in [-0.15, -0.1) is 0 Å². The molecule has 8 heteroatoms. The van der Waals surface area contributed by atoms with E-state index in [0.29, 0.717) is 31.9 Å². The van der Waals surface area contributed by atoms with Gasteiger partial charge in [0.05, 0.1) is 0 Å². The fraction of sp³-hybridized carbons (Fsp3) is 0.444. The van der Waals surface area contributed by atoms with Crippen molar-refractivity contribution in [3.63, 3.8) is 0 Å². The van der Waals surface area contributed by atoms with Crippen LogP contribution in [0.1, 0.15) is 12.5 Å². The third-order valence-corrected chi connectivity index (χ3v) is 4.99. The summed E-state index contributed by atoms with van der Waals surface area (Å²) in [4.78, 5) is 53.1. The van der Waals surface area contributed by atoms with Crippen molar-refractivity contribution in [1.29, 1.82) is 0 Å². The first kappa shape index (κ1) is 17.9. The topological polar surface area (TPSA) is 104 Å². The Morgan fingerprint density at radius 1 is 1.08 bits per heavy atom. The van der Waals surface area contributed by atoms with E-state index in [-0.39, 0.29) is 24.8 Å². The van der Waals surface area contributed by atoms with E-state index in [1.165, 1.54) is 11.8 Å². The molecule has 2 heterocycles. The standard InChI is InChI=1S/C18H22N4O4/c1-12(23)20-6-8-21(9-7-20)16(24)11-22-15-5-3-2-4-13(15)10-14(17(19)25)18(22)26/h2-5,14H,6-11H2,1H3,(H2,19,25). The smallest absolute Gasteiger partial charge is 0.242 e. The Balaban J connectivity index is 1.75. The Morgan fingerprint density at radius 2 is 1.69 bits per heavy atom. The predicted octanol–water partition coefficient (Wildman–Crippen LogP) is -0.632. The highest BCUT2D eigenvalue weighted by Gasteiger charge is 2.37. The van der Waals surface area contributed by atoms with Gasteiger partial charge >= 0.3 is 0 Å². The zero-order chi connectivity index (χ0) is 18.8. The quantitative estimate of drug-likeness (QED) is 0.726. The minimum Gasteiger partial charge on any atom is -0.369 e. The van der Waals surface area contributed by atoms with E-state index in [4.69, 9.17) is 5.73 Å². The number of nitrogens with two attached hydrogens (primary N) is 1. The SMILES string of the molecule is CC(=O)N1CCN(C(=O)CN2C(=O)C(C(N)=O)Cc3ccccc32)CC1. The molecule has 1 atom stereocenters. The van der Waals surface area contributed by atoms with E-state index in [0.717, 1.165) is 5.56 Å². The van der Waals surface area contributed by atoms with Gasteiger partial charge < -0.3 is 20.4 Å². The Labute approximate surface area is 151 Å². The van der Waals surface area contributed by atoms with Crippen LogP contribution in [0.4, 0.5) is 5.69 Å². The van der Waals surface area contributed by atoms with Crippen LogP contribution in [0.25, 0.3) is 0 Å². The number of fused-ring (bicyclic) bond motifs is 1. The van der Waals surface area contributed by atoms with Gasteiger partial charge in [0.15, 0.2) is 0 Å². The van der Waals surface area contributed by atoms with E-state index in [2.05, 4.69) is 0 Å². The highest BCUT2D eigenvalue weighted by molar-refractivity contribution is 6.11. The number of primary amides is 1. The number of rotatable bonds is 3. The van der Waals surface area contributed by atoms with Crippen LogP contribution in [0.3, 0.4) is 0 Å². The summed E-state index contributed by atoms with van der Waals surface area (Å²) in [6, 6.07) is 7.22. The summed E-state index contributed by atoms with van der Waals surface area (Å²) in [7, 11) is 0. The summed E-state index contributed by atoms with van der Waals surface area (Å²) >= 11 is 0. The first-order valence-corrected chi connectivity index (χ1v) is 8.60. The van der Waals surface area contributed by atoms with Crippen LogP contribution in [-0.4, -0.2) is 66.2 Å². The number of para-hydroxylation sites is 1. The summed E-state index contributed by atoms with van der Waals surface area (Å²) in [5.41, 5.74) is 6.84. The summed E-state index contributed by atoms with van der Waals surface area (Å²) < 4.78 is 0. The molecule has 0 bridgehead atoms. The summed E-state index contributed by atoms with van der Waals surface area (Å²) in [6.07, 6.45) is 0.256. The van der Waals surface area contributed by atoms with Crippen LogP contribution in [0.15, 0.2) is 24.3 Å². The highest BCUT2D eigenvalue weighted by atomic mass is 16.2. The van der Waals surface area contributed by atoms with Crippen LogP contribution < -0.4 is 10.6 Å². The summed E-state index contributed by atoms with van der Waals surface area (Å²) in [6.45, 7) is 3.19. The lowest BCUT2D eigenvalue weighted by Crippen LogP contribution is -2.54. The lowest BCUT2D eigenvalue weighted by molar-refractivity contribution is -0.138. The Hall–Kier alpha value is -2.90. The molecule has 1 aromatic carbocycles. The summed E-state index contributed by atoms with van der Waals surface area (Å²) in [5.74, 6) is -2.29. The fourth-order valence-corrected chi connectivity index (χ4v) is 3.45. The average Bonchev–Trinajstić information content (AvgIpc) is 2.63. The van der Waals surface area contributed by atoms with Crippen molar-refractivity contribution in [2.75, 3.05) is 37.6 Å². The Kier molecular flexibility index (Phi) is 4.92. The maximum atomic E-state index is 12.7. The Morgan fingerprint density at radius 3 is 2.31 bits per heavy atom. The normalized spacial score (nSPS) is 20.0. The monoisotopic (exact) mass is 358 g/mol. The van der Waals surface area contributed by atoms with Crippen molar-refractivity contribution >= 4 is 29.3 Å².